The fourth-order valence-electron chi connectivity index (χ4n) is 5.89. The minimum Gasteiger partial charge on any atom is -0.454 e. The van der Waals surface area contributed by atoms with Gasteiger partial charge >= 0.3 is 12.4 Å². The number of aryl methyl sites for hydroxylation is 2. The van der Waals surface area contributed by atoms with Gasteiger partial charge in [-0.3, -0.25) is 0 Å². The topological polar surface area (TPSA) is 55.2 Å². The minimum absolute atomic E-state index is 0.0160. The van der Waals surface area contributed by atoms with E-state index in [0.29, 0.717) is 43.9 Å². The predicted molar refractivity (Wildman–Crippen MR) is 178 cm³/mol. The summed E-state index contributed by atoms with van der Waals surface area (Å²) < 4.78 is 89.4. The second-order valence-corrected chi connectivity index (χ2v) is 13.8. The van der Waals surface area contributed by atoms with E-state index < -0.39 is 35.0 Å². The number of rotatable bonds is 6. The van der Waals surface area contributed by atoms with Crippen LogP contribution in [0, 0.1) is 13.8 Å². The molecular weight excluding hydrogens is 683 g/mol. The van der Waals surface area contributed by atoms with Gasteiger partial charge in [0.1, 0.15) is 15.8 Å². The molecule has 0 saturated carbocycles. The first kappa shape index (κ1) is 32.8. The van der Waals surface area contributed by atoms with Crippen molar-refractivity contribution in [1.29, 1.82) is 0 Å². The van der Waals surface area contributed by atoms with Gasteiger partial charge in [-0.2, -0.15) is 26.3 Å². The van der Waals surface area contributed by atoms with Gasteiger partial charge in [-0.05, 0) is 37.6 Å². The van der Waals surface area contributed by atoms with E-state index in [0.717, 1.165) is 16.0 Å². The van der Waals surface area contributed by atoms with E-state index in [1.807, 2.05) is 67.6 Å². The average Bonchev–Trinajstić information content (AvgIpc) is 3.72. The first-order chi connectivity index (χ1) is 23.2. The highest BCUT2D eigenvalue weighted by molar-refractivity contribution is 7.15. The van der Waals surface area contributed by atoms with Crippen molar-refractivity contribution in [1.82, 2.24) is 9.97 Å². The van der Waals surface area contributed by atoms with Crippen molar-refractivity contribution in [3.63, 3.8) is 0 Å². The molecule has 0 bridgehead atoms. The van der Waals surface area contributed by atoms with Gasteiger partial charge in [-0.15, -0.1) is 22.7 Å². The molecule has 1 atom stereocenters. The fourth-order valence-corrected chi connectivity index (χ4v) is 7.74. The molecular formula is C37H24F6N2O2S2. The lowest BCUT2D eigenvalue weighted by Crippen LogP contribution is -2.33. The van der Waals surface area contributed by atoms with Crippen molar-refractivity contribution in [2.75, 3.05) is 0 Å². The Balaban J connectivity index is 1.51. The van der Waals surface area contributed by atoms with E-state index in [4.69, 9.17) is 14.7 Å². The van der Waals surface area contributed by atoms with E-state index in [-0.39, 0.29) is 22.9 Å². The SMILES string of the molecule is Cc1sc(-c2ccccc2)nc1C1=C(c2nc(-c3ccccc3)sc2C)[C@](O)(Oc2cc(C(F)(F)F)cc(C(F)(F)F)c2)c2ccccc21. The number of hydrogen-bond donors (Lipinski definition) is 1. The molecule has 7 rings (SSSR count). The molecule has 4 aromatic carbocycles. The Morgan fingerprint density at radius 2 is 1.10 bits per heavy atom. The van der Waals surface area contributed by atoms with Crippen LogP contribution in [0.5, 0.6) is 5.75 Å². The van der Waals surface area contributed by atoms with Crippen LogP contribution in [-0.2, 0) is 18.1 Å². The molecule has 0 saturated heterocycles. The summed E-state index contributed by atoms with van der Waals surface area (Å²) in [5.74, 6) is -3.40. The van der Waals surface area contributed by atoms with E-state index in [2.05, 4.69) is 0 Å². The highest BCUT2D eigenvalue weighted by Crippen LogP contribution is 2.55. The number of thiazole rings is 2. The summed E-state index contributed by atoms with van der Waals surface area (Å²) in [6.07, 6.45) is -10.2. The number of hydrogen-bond acceptors (Lipinski definition) is 6. The van der Waals surface area contributed by atoms with Crippen molar-refractivity contribution in [2.45, 2.75) is 32.0 Å². The van der Waals surface area contributed by atoms with Crippen LogP contribution in [0.4, 0.5) is 26.3 Å². The summed E-state index contributed by atoms with van der Waals surface area (Å²) in [4.78, 5) is 11.3. The molecule has 0 fully saturated rings. The van der Waals surface area contributed by atoms with Gasteiger partial charge in [0.05, 0.1) is 28.1 Å². The summed E-state index contributed by atoms with van der Waals surface area (Å²) in [5, 5.41) is 14.0. The highest BCUT2D eigenvalue weighted by Gasteiger charge is 2.50. The van der Waals surface area contributed by atoms with Crippen LogP contribution >= 0.6 is 22.7 Å². The maximum absolute atomic E-state index is 13.9. The smallest absolute Gasteiger partial charge is 0.416 e. The molecule has 6 aromatic rings. The molecule has 0 unspecified atom stereocenters. The largest absolute Gasteiger partial charge is 0.454 e. The lowest BCUT2D eigenvalue weighted by molar-refractivity contribution is -0.144. The molecule has 248 valence electrons. The van der Waals surface area contributed by atoms with Crippen LogP contribution in [0.2, 0.25) is 0 Å². The number of nitrogens with zero attached hydrogens (tertiary/aromatic N) is 2. The maximum atomic E-state index is 13.9. The zero-order valence-electron chi connectivity index (χ0n) is 25.6. The Hall–Kier alpha value is -4.78. The van der Waals surface area contributed by atoms with Crippen molar-refractivity contribution < 1.29 is 36.2 Å². The summed E-state index contributed by atoms with van der Waals surface area (Å²) in [6.45, 7) is 3.64. The Kier molecular flexibility index (Phi) is 8.00. The van der Waals surface area contributed by atoms with E-state index in [9.17, 15) is 31.4 Å². The minimum atomic E-state index is -5.12. The average molecular weight is 707 g/mol. The molecule has 4 nitrogen and oxygen atoms in total. The van der Waals surface area contributed by atoms with Crippen molar-refractivity contribution in [3.05, 3.63) is 147 Å². The third-order valence-electron chi connectivity index (χ3n) is 8.09. The standard InChI is InChI=1S/C37H24F6N2O2S2/c1-20-31(44-33(48-20)22-11-5-3-6-12-22)29-27-15-9-10-16-28(27)35(46,30(29)32-21(2)49-34(45-32)23-13-7-4-8-14-23)47-26-18-24(36(38,39)40)17-25(19-26)37(41,42)43/h3-19,46H,1-2H3/t35-/m1/s1. The third kappa shape index (κ3) is 5.94. The molecule has 0 spiro atoms. The molecule has 1 aliphatic carbocycles. The van der Waals surface area contributed by atoms with Crippen LogP contribution in [-0.4, -0.2) is 15.1 Å². The van der Waals surface area contributed by atoms with E-state index in [1.54, 1.807) is 25.1 Å². The Labute approximate surface area is 284 Å². The van der Waals surface area contributed by atoms with Crippen LogP contribution in [0.15, 0.2) is 103 Å². The van der Waals surface area contributed by atoms with Gasteiger partial charge in [0.2, 0.25) is 0 Å². The van der Waals surface area contributed by atoms with Crippen LogP contribution in [0.3, 0.4) is 0 Å². The predicted octanol–water partition coefficient (Wildman–Crippen LogP) is 10.8. The second kappa shape index (κ2) is 12.0. The number of halogens is 6. The first-order valence-corrected chi connectivity index (χ1v) is 16.5. The molecule has 2 heterocycles. The van der Waals surface area contributed by atoms with Crippen molar-refractivity contribution in [2.24, 2.45) is 0 Å². The van der Waals surface area contributed by atoms with Gasteiger partial charge in [-0.1, -0.05) is 84.9 Å². The number of aliphatic hydroxyl groups is 1. The molecule has 12 heteroatoms. The summed E-state index contributed by atoms with van der Waals surface area (Å²) in [7, 11) is 0. The zero-order valence-corrected chi connectivity index (χ0v) is 27.3. The Morgan fingerprint density at radius 1 is 0.633 bits per heavy atom. The van der Waals surface area contributed by atoms with Gasteiger partial charge in [0, 0.05) is 32.0 Å². The number of ether oxygens (including phenoxy) is 1. The second-order valence-electron chi connectivity index (χ2n) is 11.4. The van der Waals surface area contributed by atoms with Crippen LogP contribution in [0.25, 0.3) is 32.3 Å². The fraction of sp³-hybridized carbons (Fsp3) is 0.135. The number of aromatic nitrogens is 2. The van der Waals surface area contributed by atoms with E-state index >= 15 is 0 Å². The van der Waals surface area contributed by atoms with E-state index in [1.165, 1.54) is 28.7 Å². The maximum Gasteiger partial charge on any atom is 0.416 e. The molecule has 1 N–H and O–H groups in total. The first-order valence-electron chi connectivity index (χ1n) is 14.9. The summed E-state index contributed by atoms with van der Waals surface area (Å²) >= 11 is 2.74. The Bertz CT molecular complexity index is 2190. The van der Waals surface area contributed by atoms with Gasteiger partial charge < -0.3 is 9.84 Å². The lowest BCUT2D eigenvalue weighted by atomic mass is 9.97. The van der Waals surface area contributed by atoms with Crippen LogP contribution in [0.1, 0.15) is 43.4 Å². The van der Waals surface area contributed by atoms with Crippen LogP contribution < -0.4 is 4.74 Å². The lowest BCUT2D eigenvalue weighted by Gasteiger charge is -2.29. The van der Waals surface area contributed by atoms with Crippen molar-refractivity contribution >= 4 is 33.8 Å². The van der Waals surface area contributed by atoms with Gasteiger partial charge in [0.15, 0.2) is 0 Å². The summed E-state index contributed by atoms with van der Waals surface area (Å²) in [5.41, 5.74) is 0.268. The van der Waals surface area contributed by atoms with Gasteiger partial charge in [-0.25, -0.2) is 9.97 Å². The van der Waals surface area contributed by atoms with Crippen molar-refractivity contribution in [3.8, 4) is 26.9 Å². The molecule has 1 aliphatic rings. The molecule has 49 heavy (non-hydrogen) atoms. The zero-order chi connectivity index (χ0) is 34.7. The van der Waals surface area contributed by atoms with Gasteiger partial charge in [0.25, 0.3) is 5.79 Å². The summed E-state index contributed by atoms with van der Waals surface area (Å²) in [6, 6.07) is 26.2. The Morgan fingerprint density at radius 3 is 1.63 bits per heavy atom. The number of alkyl halides is 6. The highest BCUT2D eigenvalue weighted by atomic mass is 32.1. The monoisotopic (exact) mass is 706 g/mol. The molecule has 0 radical (unpaired) electrons. The number of benzene rings is 4. The molecule has 0 aliphatic heterocycles. The quantitative estimate of drug-likeness (QED) is 0.138. The molecule has 2 aromatic heterocycles. The number of fused-ring (bicyclic) bond motifs is 1. The normalized spacial score (nSPS) is 16.3. The third-order valence-corrected chi connectivity index (χ3v) is 10.1. The molecule has 0 amide bonds.